The number of hydrogen-bond donors (Lipinski definition) is 1. The molecule has 0 radical (unpaired) electrons. The van der Waals surface area contributed by atoms with Gasteiger partial charge in [0.25, 0.3) is 0 Å². The number of fused-ring (bicyclic) bond motifs is 2. The first-order chi connectivity index (χ1) is 8.25. The average Bonchev–Trinajstić information content (AvgIpc) is 2.28. The van der Waals surface area contributed by atoms with Gasteiger partial charge in [0.1, 0.15) is 11.2 Å². The Morgan fingerprint density at radius 3 is 2.50 bits per heavy atom. The van der Waals surface area contributed by atoms with E-state index in [1.54, 1.807) is 13.8 Å². The van der Waals surface area contributed by atoms with E-state index in [9.17, 15) is 5.11 Å². The second kappa shape index (κ2) is 4.48. The maximum atomic E-state index is 9.65. The number of allylic oxidation sites excluding steroid dienone is 1. The smallest absolute Gasteiger partial charge is 0.125 e. The number of rotatable bonds is 4. The van der Waals surface area contributed by atoms with Crippen LogP contribution >= 0.6 is 0 Å². The van der Waals surface area contributed by atoms with Crippen LogP contribution in [0.3, 0.4) is 0 Å². The summed E-state index contributed by atoms with van der Waals surface area (Å²) in [6.07, 6.45) is 11.0. The van der Waals surface area contributed by atoms with Crippen molar-refractivity contribution in [2.45, 2.75) is 63.8 Å². The molecule has 2 bridgehead atoms. The quantitative estimate of drug-likeness (QED) is 0.617. The van der Waals surface area contributed by atoms with Gasteiger partial charge in [0.05, 0.1) is 5.60 Å². The second-order valence-corrected chi connectivity index (χ2v) is 6.46. The van der Waals surface area contributed by atoms with Crippen LogP contribution in [0.4, 0.5) is 0 Å². The molecule has 3 rings (SSSR count). The van der Waals surface area contributed by atoms with Gasteiger partial charge in [-0.2, -0.15) is 0 Å². The number of hydrogen-bond acceptors (Lipinski definition) is 3. The van der Waals surface area contributed by atoms with E-state index in [1.165, 1.54) is 0 Å². The van der Waals surface area contributed by atoms with Crippen molar-refractivity contribution in [3.63, 3.8) is 0 Å². The summed E-state index contributed by atoms with van der Waals surface area (Å²) >= 11 is 0. The van der Waals surface area contributed by atoms with Gasteiger partial charge in [0, 0.05) is 0 Å². The maximum absolute atomic E-state index is 9.65. The van der Waals surface area contributed by atoms with Crippen molar-refractivity contribution in [3.8, 4) is 0 Å². The predicted molar refractivity (Wildman–Crippen MR) is 70.9 cm³/mol. The normalized spacial score (nSPS) is 37.4. The highest BCUT2D eigenvalue weighted by Crippen LogP contribution is 2.45. The lowest BCUT2D eigenvalue weighted by Crippen LogP contribution is -2.51. The molecule has 0 aromatic carbocycles. The Bertz CT molecular complexity index is 354. The first kappa shape index (κ1) is 13.8. The lowest BCUT2D eigenvalue weighted by molar-refractivity contribution is -0.431. The fourth-order valence-corrected chi connectivity index (χ4v) is 2.49. The summed E-state index contributed by atoms with van der Waals surface area (Å²) in [6, 6.07) is 0. The summed E-state index contributed by atoms with van der Waals surface area (Å²) in [5.41, 5.74) is -1.27. The predicted octanol–water partition coefficient (Wildman–Crippen LogP) is 3.15. The third-order valence-corrected chi connectivity index (χ3v) is 3.97. The van der Waals surface area contributed by atoms with Crippen LogP contribution in [-0.4, -0.2) is 21.9 Å². The molecule has 1 unspecified atom stereocenters. The lowest BCUT2D eigenvalue weighted by Gasteiger charge is -2.48. The Balaban J connectivity index is 2.00. The van der Waals surface area contributed by atoms with E-state index in [0.29, 0.717) is 5.92 Å². The molecule has 3 atom stereocenters. The van der Waals surface area contributed by atoms with Crippen LogP contribution < -0.4 is 0 Å². The molecule has 3 nitrogen and oxygen atoms in total. The first-order valence-corrected chi connectivity index (χ1v) is 6.72. The van der Waals surface area contributed by atoms with Crippen LogP contribution in [0.1, 0.15) is 47.0 Å². The average molecular weight is 252 g/mol. The fraction of sp³-hybridized carbons (Fsp3) is 0.733. The van der Waals surface area contributed by atoms with Crippen LogP contribution in [0, 0.1) is 5.92 Å². The van der Waals surface area contributed by atoms with Crippen molar-refractivity contribution in [2.24, 2.45) is 5.92 Å². The van der Waals surface area contributed by atoms with Gasteiger partial charge in [0.2, 0.25) is 0 Å². The summed E-state index contributed by atoms with van der Waals surface area (Å²) in [6.45, 7) is 7.76. The minimum absolute atomic E-state index is 0.232. The van der Waals surface area contributed by atoms with Crippen LogP contribution in [0.2, 0.25) is 0 Å². The summed E-state index contributed by atoms with van der Waals surface area (Å²) in [4.78, 5) is 11.1. The Morgan fingerprint density at radius 1 is 1.33 bits per heavy atom. The molecule has 18 heavy (non-hydrogen) atoms. The fourth-order valence-electron chi connectivity index (χ4n) is 2.49. The van der Waals surface area contributed by atoms with E-state index in [4.69, 9.17) is 9.78 Å². The second-order valence-electron chi connectivity index (χ2n) is 6.46. The Morgan fingerprint density at radius 2 is 2.06 bits per heavy atom. The van der Waals surface area contributed by atoms with E-state index >= 15 is 0 Å². The molecule has 2 aliphatic heterocycles. The third kappa shape index (κ3) is 2.85. The van der Waals surface area contributed by atoms with Crippen LogP contribution in [0.15, 0.2) is 24.3 Å². The van der Waals surface area contributed by atoms with Crippen molar-refractivity contribution in [3.05, 3.63) is 24.3 Å². The molecule has 0 aromatic rings. The molecule has 1 N–H and O–H groups in total. The summed E-state index contributed by atoms with van der Waals surface area (Å²) in [5.74, 6) is 0.331. The van der Waals surface area contributed by atoms with Crippen LogP contribution in [0.5, 0.6) is 0 Å². The van der Waals surface area contributed by atoms with Gasteiger partial charge in [-0.25, -0.2) is 9.78 Å². The maximum Gasteiger partial charge on any atom is 0.125 e. The summed E-state index contributed by atoms with van der Waals surface area (Å²) < 4.78 is 0. The SMILES string of the molecule is CC(C/C=C/C(C)(C)O)[C@@]12C=C[C@@](C)(CC1)OO2. The molecule has 3 heteroatoms. The summed E-state index contributed by atoms with van der Waals surface area (Å²) in [5, 5.41) is 9.65. The van der Waals surface area contributed by atoms with Crippen molar-refractivity contribution in [1.82, 2.24) is 0 Å². The molecule has 1 aliphatic carbocycles. The zero-order chi connectivity index (χ0) is 13.4. The molecule has 0 amide bonds. The molecule has 3 aliphatic rings. The van der Waals surface area contributed by atoms with E-state index in [-0.39, 0.29) is 11.2 Å². The van der Waals surface area contributed by atoms with Gasteiger partial charge in [-0.3, -0.25) is 0 Å². The molecular weight excluding hydrogens is 228 g/mol. The molecule has 102 valence electrons. The highest BCUT2D eigenvalue weighted by molar-refractivity contribution is 5.18. The molecule has 0 saturated carbocycles. The topological polar surface area (TPSA) is 38.7 Å². The van der Waals surface area contributed by atoms with Crippen LogP contribution in [0.25, 0.3) is 0 Å². The summed E-state index contributed by atoms with van der Waals surface area (Å²) in [7, 11) is 0. The minimum atomic E-state index is -0.748. The largest absolute Gasteiger partial charge is 0.386 e. The zero-order valence-electron chi connectivity index (χ0n) is 11.8. The van der Waals surface area contributed by atoms with E-state index in [0.717, 1.165) is 19.3 Å². The first-order valence-electron chi connectivity index (χ1n) is 6.72. The van der Waals surface area contributed by atoms with Crippen molar-refractivity contribution in [2.75, 3.05) is 0 Å². The van der Waals surface area contributed by atoms with Gasteiger partial charge in [0.15, 0.2) is 0 Å². The van der Waals surface area contributed by atoms with Crippen LogP contribution in [-0.2, 0) is 9.78 Å². The third-order valence-electron chi connectivity index (χ3n) is 3.97. The zero-order valence-corrected chi connectivity index (χ0v) is 11.8. The van der Waals surface area contributed by atoms with E-state index in [1.807, 2.05) is 19.1 Å². The monoisotopic (exact) mass is 252 g/mol. The highest BCUT2D eigenvalue weighted by Gasteiger charge is 2.48. The molecular formula is C15H24O3. The number of aliphatic hydroxyl groups is 1. The van der Waals surface area contributed by atoms with Gasteiger partial charge >= 0.3 is 0 Å². The molecule has 0 spiro atoms. The Hall–Kier alpha value is -0.640. The minimum Gasteiger partial charge on any atom is -0.386 e. The van der Waals surface area contributed by atoms with Gasteiger partial charge in [-0.15, -0.1) is 0 Å². The van der Waals surface area contributed by atoms with Gasteiger partial charge in [-0.1, -0.05) is 31.2 Å². The van der Waals surface area contributed by atoms with E-state index in [2.05, 4.69) is 19.1 Å². The Kier molecular flexibility index (Phi) is 3.43. The highest BCUT2D eigenvalue weighted by atomic mass is 17.2. The molecule has 0 aromatic heterocycles. The molecule has 2 heterocycles. The molecule has 1 fully saturated rings. The van der Waals surface area contributed by atoms with Crippen molar-refractivity contribution >= 4 is 0 Å². The van der Waals surface area contributed by atoms with Gasteiger partial charge < -0.3 is 5.11 Å². The Labute approximate surface area is 109 Å². The molecule has 1 saturated heterocycles. The lowest BCUT2D eigenvalue weighted by atomic mass is 9.74. The van der Waals surface area contributed by atoms with E-state index < -0.39 is 5.60 Å². The standard InChI is InChI=1S/C15H24O3/c1-12(6-5-7-13(2,3)16)15-10-8-14(4,9-11-15)17-18-15/h5,7-8,10,12,16H,6,9,11H2,1-4H3/b7-5+/t12?,14-,15+/m0/s1. The van der Waals surface area contributed by atoms with Crippen molar-refractivity contribution in [1.29, 1.82) is 0 Å². The van der Waals surface area contributed by atoms with Crippen molar-refractivity contribution < 1.29 is 14.9 Å². The van der Waals surface area contributed by atoms with Gasteiger partial charge in [-0.05, 0) is 46.0 Å².